The van der Waals surface area contributed by atoms with E-state index in [1.807, 2.05) is 0 Å². The van der Waals surface area contributed by atoms with Crippen LogP contribution >= 0.6 is 12.4 Å². The van der Waals surface area contributed by atoms with Crippen molar-refractivity contribution in [3.63, 3.8) is 0 Å². The molecular weight excluding hydrogens is 358 g/mol. The normalized spacial score (nSPS) is 25.0. The van der Waals surface area contributed by atoms with Gasteiger partial charge in [0.15, 0.2) is 0 Å². The molecule has 0 aromatic carbocycles. The molecule has 0 radical (unpaired) electrons. The molecule has 1 saturated heterocycles. The SMILES string of the molecule is CCC1CCC2(CC1)NC(=O)N(CC(=O)Nc1ccc(N)nc1)C2=O.Cl. The van der Waals surface area contributed by atoms with E-state index in [9.17, 15) is 14.4 Å². The summed E-state index contributed by atoms with van der Waals surface area (Å²) >= 11 is 0. The molecule has 2 heterocycles. The van der Waals surface area contributed by atoms with E-state index in [1.54, 1.807) is 12.1 Å². The van der Waals surface area contributed by atoms with Crippen LogP contribution in [-0.2, 0) is 9.59 Å². The Hall–Kier alpha value is -2.35. The summed E-state index contributed by atoms with van der Waals surface area (Å²) in [6, 6.07) is 2.68. The summed E-state index contributed by atoms with van der Waals surface area (Å²) in [5, 5.41) is 5.43. The Morgan fingerprint density at radius 3 is 2.65 bits per heavy atom. The molecule has 2 aliphatic rings. The van der Waals surface area contributed by atoms with Gasteiger partial charge in [0.05, 0.1) is 11.9 Å². The van der Waals surface area contributed by atoms with Crippen molar-refractivity contribution in [2.45, 2.75) is 44.6 Å². The Morgan fingerprint density at radius 1 is 1.38 bits per heavy atom. The number of carbonyl (C=O) groups excluding carboxylic acids is 3. The standard InChI is InChI=1S/C17H23N5O3.ClH/c1-2-11-5-7-17(8-6-11)15(24)22(16(25)21-17)10-14(23)20-12-3-4-13(18)19-9-12;/h3-4,9,11H,2,5-8,10H2,1H3,(H2,18,19)(H,20,23)(H,21,25);1H. The maximum atomic E-state index is 12.8. The molecule has 1 aromatic heterocycles. The van der Waals surface area contributed by atoms with Gasteiger partial charge in [0.2, 0.25) is 5.91 Å². The summed E-state index contributed by atoms with van der Waals surface area (Å²) in [7, 11) is 0. The maximum Gasteiger partial charge on any atom is 0.325 e. The van der Waals surface area contributed by atoms with Gasteiger partial charge in [-0.05, 0) is 43.7 Å². The van der Waals surface area contributed by atoms with Crippen molar-refractivity contribution in [3.8, 4) is 0 Å². The lowest BCUT2D eigenvalue weighted by Crippen LogP contribution is -2.49. The predicted octanol–water partition coefficient (Wildman–Crippen LogP) is 1.91. The number of anilines is 2. The monoisotopic (exact) mass is 381 g/mol. The van der Waals surface area contributed by atoms with Crippen LogP contribution in [0.5, 0.6) is 0 Å². The molecule has 0 bridgehead atoms. The second-order valence-corrected chi connectivity index (χ2v) is 6.78. The number of hydrogen-bond donors (Lipinski definition) is 3. The van der Waals surface area contributed by atoms with E-state index < -0.39 is 17.5 Å². The van der Waals surface area contributed by atoms with Gasteiger partial charge in [-0.2, -0.15) is 0 Å². The number of aromatic nitrogens is 1. The van der Waals surface area contributed by atoms with E-state index in [0.717, 1.165) is 24.2 Å². The molecule has 1 aliphatic heterocycles. The molecule has 4 N–H and O–H groups in total. The molecule has 1 aromatic rings. The highest BCUT2D eigenvalue weighted by molar-refractivity contribution is 6.10. The first-order valence-corrected chi connectivity index (χ1v) is 8.59. The fraction of sp³-hybridized carbons (Fsp3) is 0.529. The van der Waals surface area contributed by atoms with E-state index in [0.29, 0.717) is 30.3 Å². The smallest absolute Gasteiger partial charge is 0.325 e. The first-order chi connectivity index (χ1) is 11.9. The molecule has 1 spiro atoms. The Balaban J connectivity index is 0.00000243. The molecule has 4 amide bonds. The summed E-state index contributed by atoms with van der Waals surface area (Å²) in [6.07, 6.45) is 5.61. The lowest BCUT2D eigenvalue weighted by Gasteiger charge is -2.34. The van der Waals surface area contributed by atoms with E-state index >= 15 is 0 Å². The molecule has 0 unspecified atom stereocenters. The number of hydrogen-bond acceptors (Lipinski definition) is 5. The van der Waals surface area contributed by atoms with Crippen molar-refractivity contribution >= 4 is 41.8 Å². The van der Waals surface area contributed by atoms with Gasteiger partial charge in [-0.3, -0.25) is 14.5 Å². The number of pyridine rings is 1. The average Bonchev–Trinajstić information content (AvgIpc) is 2.82. The number of nitrogens with one attached hydrogen (secondary N) is 2. The number of halogens is 1. The van der Waals surface area contributed by atoms with Crippen LogP contribution in [0.15, 0.2) is 18.3 Å². The second-order valence-electron chi connectivity index (χ2n) is 6.78. The molecule has 2 fully saturated rings. The third-order valence-electron chi connectivity index (χ3n) is 5.15. The van der Waals surface area contributed by atoms with Gasteiger partial charge >= 0.3 is 6.03 Å². The number of imide groups is 1. The van der Waals surface area contributed by atoms with Crippen LogP contribution in [0.4, 0.5) is 16.3 Å². The zero-order valence-electron chi connectivity index (χ0n) is 14.7. The lowest BCUT2D eigenvalue weighted by atomic mass is 9.75. The fourth-order valence-electron chi connectivity index (χ4n) is 3.56. The third-order valence-corrected chi connectivity index (χ3v) is 5.15. The Bertz CT molecular complexity index is 686. The second kappa shape index (κ2) is 7.90. The lowest BCUT2D eigenvalue weighted by molar-refractivity contribution is -0.135. The Labute approximate surface area is 158 Å². The molecule has 1 aliphatic carbocycles. The number of nitrogens with zero attached hydrogens (tertiary/aromatic N) is 2. The van der Waals surface area contributed by atoms with Gasteiger partial charge in [-0.15, -0.1) is 12.4 Å². The highest BCUT2D eigenvalue weighted by Crippen LogP contribution is 2.37. The molecule has 8 nitrogen and oxygen atoms in total. The molecule has 3 rings (SSSR count). The van der Waals surface area contributed by atoms with Gasteiger partial charge in [0, 0.05) is 0 Å². The quantitative estimate of drug-likeness (QED) is 0.688. The zero-order chi connectivity index (χ0) is 18.0. The van der Waals surface area contributed by atoms with Crippen LogP contribution in [0.2, 0.25) is 0 Å². The number of amides is 4. The number of carbonyl (C=O) groups is 3. The highest BCUT2D eigenvalue weighted by atomic mass is 35.5. The average molecular weight is 382 g/mol. The summed E-state index contributed by atoms with van der Waals surface area (Å²) in [4.78, 5) is 42.0. The van der Waals surface area contributed by atoms with Gasteiger partial charge < -0.3 is 16.4 Å². The van der Waals surface area contributed by atoms with Crippen LogP contribution in [0.3, 0.4) is 0 Å². The summed E-state index contributed by atoms with van der Waals surface area (Å²) in [5.74, 6) is 0.203. The fourth-order valence-corrected chi connectivity index (χ4v) is 3.56. The van der Waals surface area contributed by atoms with E-state index in [4.69, 9.17) is 5.73 Å². The molecule has 1 saturated carbocycles. The van der Waals surface area contributed by atoms with Crippen molar-refractivity contribution < 1.29 is 14.4 Å². The maximum absolute atomic E-state index is 12.8. The van der Waals surface area contributed by atoms with Crippen molar-refractivity contribution in [1.29, 1.82) is 0 Å². The number of nitrogen functional groups attached to an aromatic ring is 1. The molecule has 26 heavy (non-hydrogen) atoms. The van der Waals surface area contributed by atoms with Crippen LogP contribution in [-0.4, -0.2) is 39.8 Å². The summed E-state index contributed by atoms with van der Waals surface area (Å²) < 4.78 is 0. The molecule has 0 atom stereocenters. The first kappa shape index (κ1) is 20.0. The van der Waals surface area contributed by atoms with Gasteiger partial charge in [0.1, 0.15) is 17.9 Å². The minimum absolute atomic E-state index is 0. The number of urea groups is 1. The van der Waals surface area contributed by atoms with E-state index in [1.165, 1.54) is 6.20 Å². The minimum atomic E-state index is -0.828. The predicted molar refractivity (Wildman–Crippen MR) is 99.8 cm³/mol. The minimum Gasteiger partial charge on any atom is -0.384 e. The van der Waals surface area contributed by atoms with Crippen molar-refractivity contribution in [1.82, 2.24) is 15.2 Å². The third kappa shape index (κ3) is 3.90. The van der Waals surface area contributed by atoms with Crippen molar-refractivity contribution in [2.24, 2.45) is 5.92 Å². The number of nitrogens with two attached hydrogens (primary N) is 1. The highest BCUT2D eigenvalue weighted by Gasteiger charge is 2.52. The molecule has 142 valence electrons. The van der Waals surface area contributed by atoms with E-state index in [2.05, 4.69) is 22.5 Å². The molecule has 9 heteroatoms. The van der Waals surface area contributed by atoms with Crippen LogP contribution < -0.4 is 16.4 Å². The van der Waals surface area contributed by atoms with Crippen LogP contribution in [0.25, 0.3) is 0 Å². The first-order valence-electron chi connectivity index (χ1n) is 8.59. The topological polar surface area (TPSA) is 117 Å². The van der Waals surface area contributed by atoms with Crippen LogP contribution in [0.1, 0.15) is 39.0 Å². The Kier molecular flexibility index (Phi) is 6.07. The summed E-state index contributed by atoms with van der Waals surface area (Å²) in [6.45, 7) is 1.83. The van der Waals surface area contributed by atoms with Gasteiger partial charge in [0.25, 0.3) is 5.91 Å². The Morgan fingerprint density at radius 2 is 2.08 bits per heavy atom. The zero-order valence-corrected chi connectivity index (χ0v) is 15.5. The van der Waals surface area contributed by atoms with Gasteiger partial charge in [-0.1, -0.05) is 13.3 Å². The van der Waals surface area contributed by atoms with Crippen molar-refractivity contribution in [3.05, 3.63) is 18.3 Å². The summed E-state index contributed by atoms with van der Waals surface area (Å²) in [5.41, 5.74) is 5.13. The van der Waals surface area contributed by atoms with E-state index in [-0.39, 0.29) is 24.9 Å². The van der Waals surface area contributed by atoms with Crippen molar-refractivity contribution in [2.75, 3.05) is 17.6 Å². The molecular formula is C17H24ClN5O3. The van der Waals surface area contributed by atoms with Crippen LogP contribution in [0, 0.1) is 5.92 Å². The largest absolute Gasteiger partial charge is 0.384 e. The number of rotatable bonds is 4. The van der Waals surface area contributed by atoms with Gasteiger partial charge in [-0.25, -0.2) is 9.78 Å².